The fraction of sp³-hybridized carbons (Fsp3) is 0.188. The molecule has 0 aliphatic rings. The van der Waals surface area contributed by atoms with Gasteiger partial charge in [-0.1, -0.05) is 24.6 Å². The number of hydrazine groups is 2. The Morgan fingerprint density at radius 2 is 1.82 bits per heavy atom. The van der Waals surface area contributed by atoms with Gasteiger partial charge in [-0.05, 0) is 42.8 Å². The summed E-state index contributed by atoms with van der Waals surface area (Å²) in [5.41, 5.74) is 6.93. The van der Waals surface area contributed by atoms with E-state index in [1.54, 1.807) is 25.1 Å². The van der Waals surface area contributed by atoms with Gasteiger partial charge >= 0.3 is 103 Å². The molecule has 2 rings (SSSR count). The molecular weight excluding hydrogens is 460 g/mol. The van der Waals surface area contributed by atoms with Crippen LogP contribution in [0, 0.1) is 6.92 Å². The summed E-state index contributed by atoms with van der Waals surface area (Å²) < 4.78 is 33.5. The SMILES string of the molecule is CCNN(Nc1cc(Cl)ccc1C)c1ccc(S(=O)(=O)[O-])cc1C(=O)[O-].[K+].[K+]. The Balaban J connectivity index is 0.00000364. The van der Waals surface area contributed by atoms with E-state index in [4.69, 9.17) is 11.6 Å². The number of aryl methyl sites for hydroxylation is 1. The second kappa shape index (κ2) is 12.7. The summed E-state index contributed by atoms with van der Waals surface area (Å²) in [6.07, 6.45) is 0. The molecule has 2 aromatic rings. The first kappa shape index (κ1) is 28.9. The molecule has 0 bridgehead atoms. The van der Waals surface area contributed by atoms with Crippen molar-refractivity contribution in [2.24, 2.45) is 0 Å². The molecule has 0 spiro atoms. The maximum absolute atomic E-state index is 11.5. The summed E-state index contributed by atoms with van der Waals surface area (Å²) in [7, 11) is -4.80. The predicted molar refractivity (Wildman–Crippen MR) is 94.7 cm³/mol. The first-order valence-corrected chi connectivity index (χ1v) is 9.30. The summed E-state index contributed by atoms with van der Waals surface area (Å²) in [6, 6.07) is 8.13. The Morgan fingerprint density at radius 1 is 1.18 bits per heavy atom. The van der Waals surface area contributed by atoms with Gasteiger partial charge in [0.05, 0.1) is 22.2 Å². The molecule has 0 saturated carbocycles. The number of aromatic carboxylic acids is 1. The normalized spacial score (nSPS) is 10.4. The average Bonchev–Trinajstić information content (AvgIpc) is 2.56. The van der Waals surface area contributed by atoms with E-state index in [1.165, 1.54) is 11.2 Å². The van der Waals surface area contributed by atoms with Crippen LogP contribution < -0.4 is 124 Å². The van der Waals surface area contributed by atoms with E-state index in [0.717, 1.165) is 17.7 Å². The minimum absolute atomic E-state index is 0. The van der Waals surface area contributed by atoms with Crippen molar-refractivity contribution in [2.45, 2.75) is 18.7 Å². The van der Waals surface area contributed by atoms with Crippen LogP contribution in [-0.2, 0) is 10.1 Å². The zero-order valence-electron chi connectivity index (χ0n) is 15.9. The Hall–Kier alpha value is 0.943. The maximum atomic E-state index is 11.5. The van der Waals surface area contributed by atoms with Crippen LogP contribution in [-0.4, -0.2) is 25.5 Å². The Labute approximate surface area is 253 Å². The second-order valence-corrected chi connectivity index (χ2v) is 7.15. The van der Waals surface area contributed by atoms with E-state index in [9.17, 15) is 22.9 Å². The molecule has 0 heterocycles. The topological polar surface area (TPSA) is 125 Å². The van der Waals surface area contributed by atoms with Crippen molar-refractivity contribution in [2.75, 3.05) is 17.1 Å². The van der Waals surface area contributed by atoms with Gasteiger partial charge in [0.25, 0.3) is 0 Å². The van der Waals surface area contributed by atoms with Crippen molar-refractivity contribution in [1.82, 2.24) is 5.43 Å². The first-order chi connectivity index (χ1) is 12.1. The van der Waals surface area contributed by atoms with Gasteiger partial charge in [-0.2, -0.15) is 0 Å². The molecule has 0 saturated heterocycles. The van der Waals surface area contributed by atoms with Gasteiger partial charge < -0.3 is 14.5 Å². The number of carbonyl (C=O) groups is 1. The zero-order valence-corrected chi connectivity index (χ0v) is 23.8. The molecule has 0 aliphatic heterocycles. The van der Waals surface area contributed by atoms with E-state index < -0.39 is 26.5 Å². The zero-order chi connectivity index (χ0) is 19.5. The number of hydrogen-bond donors (Lipinski definition) is 2. The molecule has 0 unspecified atom stereocenters. The molecular formula is C16H16ClK2N3O5S. The third-order valence-corrected chi connectivity index (χ3v) is 4.53. The van der Waals surface area contributed by atoms with Crippen LogP contribution in [0.3, 0.4) is 0 Å². The van der Waals surface area contributed by atoms with Crippen molar-refractivity contribution < 1.29 is 126 Å². The summed E-state index contributed by atoms with van der Waals surface area (Å²) in [4.78, 5) is 10.8. The largest absolute Gasteiger partial charge is 1.00 e. The maximum Gasteiger partial charge on any atom is 1.00 e. The summed E-state index contributed by atoms with van der Waals surface area (Å²) in [5, 5.41) is 13.2. The van der Waals surface area contributed by atoms with Crippen LogP contribution in [0.5, 0.6) is 0 Å². The second-order valence-electron chi connectivity index (χ2n) is 5.34. The van der Waals surface area contributed by atoms with E-state index in [1.807, 2.05) is 6.92 Å². The monoisotopic (exact) mass is 475 g/mol. The van der Waals surface area contributed by atoms with Gasteiger partial charge in [0.15, 0.2) is 0 Å². The number of nitrogens with one attached hydrogen (secondary N) is 2. The fourth-order valence-corrected chi connectivity index (χ4v) is 2.88. The Morgan fingerprint density at radius 3 is 2.36 bits per heavy atom. The van der Waals surface area contributed by atoms with Crippen LogP contribution in [0.25, 0.3) is 0 Å². The number of carbonyl (C=O) groups excluding carboxylic acids is 1. The van der Waals surface area contributed by atoms with Gasteiger partial charge in [-0.3, -0.25) is 5.43 Å². The third kappa shape index (κ3) is 7.89. The van der Waals surface area contributed by atoms with E-state index in [0.29, 0.717) is 17.3 Å². The van der Waals surface area contributed by atoms with Crippen molar-refractivity contribution in [1.29, 1.82) is 0 Å². The van der Waals surface area contributed by atoms with Gasteiger partial charge in [0.2, 0.25) is 0 Å². The first-order valence-electron chi connectivity index (χ1n) is 7.51. The predicted octanol–water partition coefficient (Wildman–Crippen LogP) is -4.72. The van der Waals surface area contributed by atoms with Crippen molar-refractivity contribution in [3.8, 4) is 0 Å². The number of hydrogen-bond acceptors (Lipinski definition) is 8. The van der Waals surface area contributed by atoms with Gasteiger partial charge in [0, 0.05) is 17.1 Å². The molecule has 2 aromatic carbocycles. The summed E-state index contributed by atoms with van der Waals surface area (Å²) >= 11 is 5.99. The smallest absolute Gasteiger partial charge is 0.744 e. The molecule has 140 valence electrons. The molecule has 0 atom stereocenters. The average molecular weight is 476 g/mol. The van der Waals surface area contributed by atoms with Gasteiger partial charge in [-0.15, -0.1) is 0 Å². The van der Waals surface area contributed by atoms with Crippen LogP contribution in [0.4, 0.5) is 11.4 Å². The van der Waals surface area contributed by atoms with Crippen LogP contribution in [0.1, 0.15) is 22.8 Å². The molecule has 0 amide bonds. The number of carboxylic acid groups (broad SMARTS) is 1. The Kier molecular flexibility index (Phi) is 13.1. The van der Waals surface area contributed by atoms with Crippen molar-refractivity contribution in [3.05, 3.63) is 52.5 Å². The number of halogens is 1. The van der Waals surface area contributed by atoms with Crippen molar-refractivity contribution >= 4 is 39.1 Å². The minimum atomic E-state index is -4.80. The van der Waals surface area contributed by atoms with E-state index in [2.05, 4.69) is 10.9 Å². The van der Waals surface area contributed by atoms with Crippen LogP contribution in [0.15, 0.2) is 41.3 Å². The number of carboxylic acids is 1. The number of nitrogens with zero attached hydrogens (tertiary/aromatic N) is 1. The minimum Gasteiger partial charge on any atom is -0.744 e. The number of rotatable bonds is 7. The van der Waals surface area contributed by atoms with Crippen LogP contribution >= 0.6 is 11.6 Å². The molecule has 0 aliphatic carbocycles. The third-order valence-electron chi connectivity index (χ3n) is 3.47. The molecule has 12 heteroatoms. The standard InChI is InChI=1S/C16H18ClN3O5S.2K/c1-3-18-20(19-14-8-11(17)5-4-10(14)2)15-7-6-12(26(23,24)25)9-13(15)16(21)22;;/h4-9,18-19H,3H2,1-2H3,(H,21,22)(H,23,24,25);;/q;2*+1/p-2. The van der Waals surface area contributed by atoms with E-state index >= 15 is 0 Å². The van der Waals surface area contributed by atoms with Gasteiger partial charge in [-0.25, -0.2) is 19.0 Å². The summed E-state index contributed by atoms with van der Waals surface area (Å²) in [6.45, 7) is 4.03. The quantitative estimate of drug-likeness (QED) is 0.232. The molecule has 28 heavy (non-hydrogen) atoms. The molecule has 2 N–H and O–H groups in total. The molecule has 8 nitrogen and oxygen atoms in total. The van der Waals surface area contributed by atoms with Crippen molar-refractivity contribution in [3.63, 3.8) is 0 Å². The van der Waals surface area contributed by atoms with Crippen LogP contribution in [0.2, 0.25) is 5.02 Å². The fourth-order valence-electron chi connectivity index (χ4n) is 2.21. The molecule has 0 fully saturated rings. The molecule has 0 radical (unpaired) electrons. The number of benzene rings is 2. The van der Waals surface area contributed by atoms with E-state index in [-0.39, 0.29) is 108 Å². The summed E-state index contributed by atoms with van der Waals surface area (Å²) in [5.74, 6) is -1.63. The molecule has 0 aromatic heterocycles. The number of anilines is 2. The van der Waals surface area contributed by atoms with Gasteiger partial charge in [0.1, 0.15) is 10.1 Å². The Bertz CT molecular complexity index is 944.